The van der Waals surface area contributed by atoms with Gasteiger partial charge in [0.2, 0.25) is 0 Å². The second-order valence-corrected chi connectivity index (χ2v) is 4.98. The first-order chi connectivity index (χ1) is 9.04. The fourth-order valence-electron chi connectivity index (χ4n) is 1.62. The lowest BCUT2D eigenvalue weighted by molar-refractivity contribution is -0.136. The van der Waals surface area contributed by atoms with Crippen LogP contribution < -0.4 is 0 Å². The zero-order valence-electron chi connectivity index (χ0n) is 9.90. The standard InChI is InChI=1S/C13H11F2NO2S/c14-9-1-3-11(15)8(5-9)6-12-16-10(7-19-12)2-4-13(17)18/h1,3,5,7H,2,4,6H2,(H,17,18). The molecule has 0 unspecified atom stereocenters. The van der Waals surface area contributed by atoms with Crippen LogP contribution in [0.4, 0.5) is 8.78 Å². The molecule has 3 nitrogen and oxygen atoms in total. The molecule has 0 spiro atoms. The first-order valence-electron chi connectivity index (χ1n) is 5.63. The van der Waals surface area contributed by atoms with Gasteiger partial charge in [-0.2, -0.15) is 0 Å². The van der Waals surface area contributed by atoms with Crippen molar-refractivity contribution in [3.05, 3.63) is 51.5 Å². The minimum absolute atomic E-state index is 0.0114. The Labute approximate surface area is 112 Å². The summed E-state index contributed by atoms with van der Waals surface area (Å²) in [5.41, 5.74) is 0.915. The van der Waals surface area contributed by atoms with E-state index < -0.39 is 17.6 Å². The number of aryl methyl sites for hydroxylation is 1. The predicted molar refractivity (Wildman–Crippen MR) is 67.2 cm³/mol. The Morgan fingerprint density at radius 1 is 1.37 bits per heavy atom. The van der Waals surface area contributed by atoms with Gasteiger partial charge in [-0.25, -0.2) is 13.8 Å². The molecule has 0 bridgehead atoms. The highest BCUT2D eigenvalue weighted by molar-refractivity contribution is 7.09. The van der Waals surface area contributed by atoms with E-state index in [0.717, 1.165) is 18.2 Å². The van der Waals surface area contributed by atoms with Crippen LogP contribution in [-0.4, -0.2) is 16.1 Å². The molecule has 0 saturated heterocycles. The molecule has 0 fully saturated rings. The van der Waals surface area contributed by atoms with Crippen LogP contribution in [0, 0.1) is 11.6 Å². The van der Waals surface area contributed by atoms with E-state index in [1.165, 1.54) is 11.3 Å². The highest BCUT2D eigenvalue weighted by atomic mass is 32.1. The minimum Gasteiger partial charge on any atom is -0.481 e. The van der Waals surface area contributed by atoms with Crippen LogP contribution in [0.5, 0.6) is 0 Å². The lowest BCUT2D eigenvalue weighted by atomic mass is 10.1. The van der Waals surface area contributed by atoms with Gasteiger partial charge in [0.05, 0.1) is 17.1 Å². The molecule has 19 heavy (non-hydrogen) atoms. The molecule has 1 aromatic heterocycles. The maximum absolute atomic E-state index is 13.4. The first kappa shape index (κ1) is 13.6. The monoisotopic (exact) mass is 283 g/mol. The number of aromatic nitrogens is 1. The summed E-state index contributed by atoms with van der Waals surface area (Å²) in [6, 6.07) is 3.30. The molecule has 1 N–H and O–H groups in total. The lowest BCUT2D eigenvalue weighted by Crippen LogP contribution is -1.98. The van der Waals surface area contributed by atoms with Crippen LogP contribution in [0.15, 0.2) is 23.6 Å². The molecule has 2 aromatic rings. The van der Waals surface area contributed by atoms with E-state index in [2.05, 4.69) is 4.98 Å². The molecule has 0 aliphatic heterocycles. The number of rotatable bonds is 5. The third kappa shape index (κ3) is 3.82. The van der Waals surface area contributed by atoms with E-state index >= 15 is 0 Å². The predicted octanol–water partition coefficient (Wildman–Crippen LogP) is 3.03. The molecule has 0 radical (unpaired) electrons. The maximum Gasteiger partial charge on any atom is 0.303 e. The number of aliphatic carboxylic acids is 1. The Morgan fingerprint density at radius 2 is 2.16 bits per heavy atom. The molecule has 0 aliphatic carbocycles. The topological polar surface area (TPSA) is 50.2 Å². The van der Waals surface area contributed by atoms with Crippen molar-refractivity contribution in [3.63, 3.8) is 0 Å². The summed E-state index contributed by atoms with van der Waals surface area (Å²) in [5, 5.41) is 11.0. The van der Waals surface area contributed by atoms with E-state index in [4.69, 9.17) is 5.11 Å². The van der Waals surface area contributed by atoms with Crippen LogP contribution in [0.25, 0.3) is 0 Å². The van der Waals surface area contributed by atoms with Crippen molar-refractivity contribution in [1.82, 2.24) is 4.98 Å². The number of halogens is 2. The van der Waals surface area contributed by atoms with Crippen molar-refractivity contribution in [3.8, 4) is 0 Å². The summed E-state index contributed by atoms with van der Waals surface area (Å²) in [6.45, 7) is 0. The third-order valence-electron chi connectivity index (χ3n) is 2.54. The van der Waals surface area contributed by atoms with E-state index in [-0.39, 0.29) is 18.4 Å². The van der Waals surface area contributed by atoms with Gasteiger partial charge in [-0.15, -0.1) is 11.3 Å². The van der Waals surface area contributed by atoms with Crippen LogP contribution in [0.3, 0.4) is 0 Å². The zero-order chi connectivity index (χ0) is 13.8. The van der Waals surface area contributed by atoms with Crippen molar-refractivity contribution in [1.29, 1.82) is 0 Å². The van der Waals surface area contributed by atoms with E-state index in [1.54, 1.807) is 5.38 Å². The zero-order valence-corrected chi connectivity index (χ0v) is 10.7. The van der Waals surface area contributed by atoms with E-state index in [1.807, 2.05) is 0 Å². The second kappa shape index (κ2) is 5.88. The van der Waals surface area contributed by atoms with Crippen molar-refractivity contribution in [2.75, 3.05) is 0 Å². The molecule has 0 amide bonds. The SMILES string of the molecule is O=C(O)CCc1csc(Cc2cc(F)ccc2F)n1. The molecular formula is C13H11F2NO2S. The quantitative estimate of drug-likeness (QED) is 0.917. The Bertz CT molecular complexity index is 598. The lowest BCUT2D eigenvalue weighted by Gasteiger charge is -2.00. The minimum atomic E-state index is -0.884. The van der Waals surface area contributed by atoms with Gasteiger partial charge >= 0.3 is 5.97 Å². The van der Waals surface area contributed by atoms with Crippen LogP contribution in [-0.2, 0) is 17.6 Å². The molecule has 0 aliphatic rings. The van der Waals surface area contributed by atoms with Crippen LogP contribution in [0.1, 0.15) is 22.7 Å². The molecule has 0 saturated carbocycles. The number of carbonyl (C=O) groups is 1. The van der Waals surface area contributed by atoms with Gasteiger partial charge in [-0.1, -0.05) is 0 Å². The van der Waals surface area contributed by atoms with Crippen molar-refractivity contribution < 1.29 is 18.7 Å². The highest BCUT2D eigenvalue weighted by Gasteiger charge is 2.09. The summed E-state index contributed by atoms with van der Waals surface area (Å²) < 4.78 is 26.5. The second-order valence-electron chi connectivity index (χ2n) is 4.04. The fraction of sp³-hybridized carbons (Fsp3) is 0.231. The molecule has 100 valence electrons. The van der Waals surface area contributed by atoms with Crippen LogP contribution in [0.2, 0.25) is 0 Å². The van der Waals surface area contributed by atoms with Gasteiger partial charge in [0.15, 0.2) is 0 Å². The van der Waals surface area contributed by atoms with Crippen LogP contribution >= 0.6 is 11.3 Å². The normalized spacial score (nSPS) is 10.6. The summed E-state index contributed by atoms with van der Waals surface area (Å²) in [5.74, 6) is -1.84. The highest BCUT2D eigenvalue weighted by Crippen LogP contribution is 2.18. The number of benzene rings is 1. The van der Waals surface area contributed by atoms with Crippen molar-refractivity contribution in [2.24, 2.45) is 0 Å². The van der Waals surface area contributed by atoms with E-state index in [0.29, 0.717) is 17.1 Å². The first-order valence-corrected chi connectivity index (χ1v) is 6.51. The maximum atomic E-state index is 13.4. The van der Waals surface area contributed by atoms with Gasteiger partial charge in [0.1, 0.15) is 11.6 Å². The van der Waals surface area contributed by atoms with E-state index in [9.17, 15) is 13.6 Å². The average molecular weight is 283 g/mol. The molecule has 1 aromatic carbocycles. The smallest absolute Gasteiger partial charge is 0.303 e. The number of carboxylic acids is 1. The third-order valence-corrected chi connectivity index (χ3v) is 3.44. The number of thiazole rings is 1. The Balaban J connectivity index is 2.07. The Morgan fingerprint density at radius 3 is 2.89 bits per heavy atom. The molecule has 2 rings (SSSR count). The molecule has 1 heterocycles. The number of carboxylic acid groups (broad SMARTS) is 1. The Hall–Kier alpha value is -1.82. The van der Waals surface area contributed by atoms with Gasteiger partial charge in [-0.3, -0.25) is 4.79 Å². The summed E-state index contributed by atoms with van der Waals surface area (Å²) in [4.78, 5) is 14.7. The summed E-state index contributed by atoms with van der Waals surface area (Å²) >= 11 is 1.32. The molecular weight excluding hydrogens is 272 g/mol. The molecule has 6 heteroatoms. The van der Waals surface area contributed by atoms with Gasteiger partial charge < -0.3 is 5.11 Å². The largest absolute Gasteiger partial charge is 0.481 e. The van der Waals surface area contributed by atoms with Crippen molar-refractivity contribution >= 4 is 17.3 Å². The Kier molecular flexibility index (Phi) is 4.21. The number of hydrogen-bond acceptors (Lipinski definition) is 3. The van der Waals surface area contributed by atoms with Crippen molar-refractivity contribution in [2.45, 2.75) is 19.3 Å². The summed E-state index contributed by atoms with van der Waals surface area (Å²) in [6.07, 6.45) is 0.566. The fourth-order valence-corrected chi connectivity index (χ4v) is 2.47. The molecule has 0 atom stereocenters. The number of nitrogens with zero attached hydrogens (tertiary/aromatic N) is 1. The van der Waals surface area contributed by atoms with Gasteiger partial charge in [-0.05, 0) is 23.8 Å². The average Bonchev–Trinajstić information content (AvgIpc) is 2.79. The summed E-state index contributed by atoms with van der Waals surface area (Å²) in [7, 11) is 0. The number of hydrogen-bond donors (Lipinski definition) is 1. The van der Waals surface area contributed by atoms with Gasteiger partial charge in [0, 0.05) is 18.2 Å². The van der Waals surface area contributed by atoms with Gasteiger partial charge in [0.25, 0.3) is 0 Å².